The number of nitrogens with zero attached hydrogens (tertiary/aromatic N) is 1. The molecule has 4 nitrogen and oxygen atoms in total. The molecular weight excluding hydrogens is 303 g/mol. The first kappa shape index (κ1) is 12.3. The standard InChI is InChI=1S/C10H15IN4/c1-2-7-13-10(15-12)14-9-5-3-8(11)4-6-9/h3-6H,2,7,12H2,1H3,(H2,13,14,15). The number of halogens is 1. The van der Waals surface area contributed by atoms with Gasteiger partial charge in [-0.15, -0.1) is 0 Å². The Kier molecular flexibility index (Phi) is 5.41. The van der Waals surface area contributed by atoms with Crippen LogP contribution in [0.2, 0.25) is 0 Å². The molecule has 0 aliphatic carbocycles. The molecule has 0 unspecified atom stereocenters. The van der Waals surface area contributed by atoms with Crippen LogP contribution in [0.5, 0.6) is 0 Å². The van der Waals surface area contributed by atoms with Gasteiger partial charge in [0.15, 0.2) is 0 Å². The quantitative estimate of drug-likeness (QED) is 0.262. The van der Waals surface area contributed by atoms with Crippen molar-refractivity contribution in [2.24, 2.45) is 10.8 Å². The van der Waals surface area contributed by atoms with E-state index in [0.29, 0.717) is 5.96 Å². The summed E-state index contributed by atoms with van der Waals surface area (Å²) in [6.07, 6.45) is 1.000. The van der Waals surface area contributed by atoms with Gasteiger partial charge in [0.25, 0.3) is 0 Å². The van der Waals surface area contributed by atoms with E-state index in [1.165, 1.54) is 3.57 Å². The normalized spacial score (nSPS) is 11.3. The van der Waals surface area contributed by atoms with Crippen molar-refractivity contribution in [3.8, 4) is 0 Å². The number of hydrazine groups is 1. The van der Waals surface area contributed by atoms with Gasteiger partial charge in [-0.2, -0.15) is 0 Å². The third-order valence-corrected chi connectivity index (χ3v) is 2.46. The van der Waals surface area contributed by atoms with Crippen molar-refractivity contribution in [3.63, 3.8) is 0 Å². The maximum Gasteiger partial charge on any atom is 0.210 e. The number of nitrogens with one attached hydrogen (secondary N) is 2. The molecule has 1 aromatic rings. The van der Waals surface area contributed by atoms with Crippen LogP contribution in [0.25, 0.3) is 0 Å². The Balaban J connectivity index is 2.62. The maximum atomic E-state index is 5.35. The molecule has 0 atom stereocenters. The lowest BCUT2D eigenvalue weighted by molar-refractivity contribution is 0.905. The predicted octanol–water partition coefficient (Wildman–Crippen LogP) is 1.93. The van der Waals surface area contributed by atoms with Crippen LogP contribution in [-0.2, 0) is 0 Å². The first-order chi connectivity index (χ1) is 7.26. The summed E-state index contributed by atoms with van der Waals surface area (Å²) in [5.74, 6) is 5.94. The molecule has 5 heteroatoms. The largest absolute Gasteiger partial charge is 0.325 e. The highest BCUT2D eigenvalue weighted by Crippen LogP contribution is 2.10. The van der Waals surface area contributed by atoms with E-state index in [2.05, 4.69) is 45.2 Å². The van der Waals surface area contributed by atoms with Crippen molar-refractivity contribution in [2.75, 3.05) is 11.9 Å². The summed E-state index contributed by atoms with van der Waals surface area (Å²) < 4.78 is 1.20. The molecule has 0 aliphatic heterocycles. The van der Waals surface area contributed by atoms with E-state index in [4.69, 9.17) is 5.84 Å². The fourth-order valence-corrected chi connectivity index (χ4v) is 1.37. The van der Waals surface area contributed by atoms with Gasteiger partial charge in [-0.3, -0.25) is 10.4 Å². The molecule has 4 N–H and O–H groups in total. The predicted molar refractivity (Wildman–Crippen MR) is 72.7 cm³/mol. The Hall–Kier alpha value is -0.820. The first-order valence-corrected chi connectivity index (χ1v) is 5.87. The van der Waals surface area contributed by atoms with Crippen LogP contribution < -0.4 is 16.6 Å². The number of hydrogen-bond acceptors (Lipinski definition) is 2. The Morgan fingerprint density at radius 2 is 2.07 bits per heavy atom. The van der Waals surface area contributed by atoms with Crippen LogP contribution in [-0.4, -0.2) is 12.5 Å². The van der Waals surface area contributed by atoms with Crippen molar-refractivity contribution >= 4 is 34.2 Å². The van der Waals surface area contributed by atoms with Gasteiger partial charge in [0.2, 0.25) is 5.96 Å². The second kappa shape index (κ2) is 6.62. The molecule has 0 bridgehead atoms. The van der Waals surface area contributed by atoms with Gasteiger partial charge in [0.05, 0.1) is 0 Å². The monoisotopic (exact) mass is 318 g/mol. The first-order valence-electron chi connectivity index (χ1n) is 4.80. The summed E-state index contributed by atoms with van der Waals surface area (Å²) in [5, 5.41) is 3.10. The number of anilines is 1. The van der Waals surface area contributed by atoms with E-state index in [1.54, 1.807) is 0 Å². The van der Waals surface area contributed by atoms with Crippen LogP contribution in [0.3, 0.4) is 0 Å². The van der Waals surface area contributed by atoms with Crippen LogP contribution in [0.15, 0.2) is 29.3 Å². The van der Waals surface area contributed by atoms with Gasteiger partial charge >= 0.3 is 0 Å². The summed E-state index contributed by atoms with van der Waals surface area (Å²) in [7, 11) is 0. The van der Waals surface area contributed by atoms with E-state index < -0.39 is 0 Å². The molecule has 1 rings (SSSR count). The van der Waals surface area contributed by atoms with E-state index in [-0.39, 0.29) is 0 Å². The van der Waals surface area contributed by atoms with Crippen LogP contribution >= 0.6 is 22.6 Å². The number of guanidine groups is 1. The second-order valence-corrected chi connectivity index (χ2v) is 4.25. The maximum absolute atomic E-state index is 5.35. The summed E-state index contributed by atoms with van der Waals surface area (Å²) >= 11 is 2.26. The van der Waals surface area contributed by atoms with E-state index >= 15 is 0 Å². The third kappa shape index (κ3) is 4.48. The summed E-state index contributed by atoms with van der Waals surface area (Å²) in [6.45, 7) is 2.83. The summed E-state index contributed by atoms with van der Waals surface area (Å²) in [4.78, 5) is 4.25. The SMILES string of the molecule is CCCN=C(NN)Nc1ccc(I)cc1. The number of rotatable bonds is 3. The smallest absolute Gasteiger partial charge is 0.210 e. The molecule has 0 radical (unpaired) electrons. The lowest BCUT2D eigenvalue weighted by atomic mass is 10.3. The topological polar surface area (TPSA) is 62.4 Å². The minimum absolute atomic E-state index is 0.595. The van der Waals surface area contributed by atoms with Crippen molar-refractivity contribution in [3.05, 3.63) is 27.8 Å². The highest BCUT2D eigenvalue weighted by Gasteiger charge is 1.96. The van der Waals surface area contributed by atoms with Gasteiger partial charge in [-0.05, 0) is 53.3 Å². The molecular formula is C10H15IN4. The fraction of sp³-hybridized carbons (Fsp3) is 0.300. The molecule has 0 spiro atoms. The zero-order chi connectivity index (χ0) is 11.1. The zero-order valence-electron chi connectivity index (χ0n) is 8.63. The number of hydrogen-bond donors (Lipinski definition) is 3. The van der Waals surface area contributed by atoms with Gasteiger partial charge < -0.3 is 5.32 Å². The van der Waals surface area contributed by atoms with Gasteiger partial charge in [-0.1, -0.05) is 6.92 Å². The highest BCUT2D eigenvalue weighted by atomic mass is 127. The molecule has 82 valence electrons. The van der Waals surface area contributed by atoms with Gasteiger partial charge in [0, 0.05) is 15.8 Å². The second-order valence-electron chi connectivity index (χ2n) is 3.01. The Bertz CT molecular complexity index is 321. The molecule has 0 aromatic heterocycles. The minimum atomic E-state index is 0.595. The number of nitrogens with two attached hydrogens (primary N) is 1. The lowest BCUT2D eigenvalue weighted by Crippen LogP contribution is -2.36. The Labute approximate surface area is 103 Å². The van der Waals surface area contributed by atoms with Crippen LogP contribution in [0.1, 0.15) is 13.3 Å². The Morgan fingerprint density at radius 1 is 1.40 bits per heavy atom. The minimum Gasteiger partial charge on any atom is -0.325 e. The van der Waals surface area contributed by atoms with E-state index in [1.807, 2.05) is 24.3 Å². The summed E-state index contributed by atoms with van der Waals surface area (Å²) in [5.41, 5.74) is 3.51. The molecule has 0 saturated carbocycles. The van der Waals surface area contributed by atoms with Gasteiger partial charge in [0.1, 0.15) is 0 Å². The van der Waals surface area contributed by atoms with Gasteiger partial charge in [-0.25, -0.2) is 5.84 Å². The van der Waals surface area contributed by atoms with Crippen molar-refractivity contribution in [1.82, 2.24) is 5.43 Å². The van der Waals surface area contributed by atoms with Crippen molar-refractivity contribution in [2.45, 2.75) is 13.3 Å². The molecule has 15 heavy (non-hydrogen) atoms. The van der Waals surface area contributed by atoms with Crippen molar-refractivity contribution in [1.29, 1.82) is 0 Å². The molecule has 0 saturated heterocycles. The van der Waals surface area contributed by atoms with E-state index in [9.17, 15) is 0 Å². The Morgan fingerprint density at radius 3 is 2.60 bits per heavy atom. The molecule has 0 amide bonds. The average Bonchev–Trinajstić information content (AvgIpc) is 2.27. The zero-order valence-corrected chi connectivity index (χ0v) is 10.8. The molecule has 1 aromatic carbocycles. The fourth-order valence-electron chi connectivity index (χ4n) is 1.01. The number of aliphatic imine (C=N–C) groups is 1. The van der Waals surface area contributed by atoms with Crippen LogP contribution in [0.4, 0.5) is 5.69 Å². The highest BCUT2D eigenvalue weighted by molar-refractivity contribution is 14.1. The van der Waals surface area contributed by atoms with Crippen LogP contribution in [0, 0.1) is 3.57 Å². The molecule has 0 fully saturated rings. The van der Waals surface area contributed by atoms with E-state index in [0.717, 1.165) is 18.7 Å². The lowest BCUT2D eigenvalue weighted by Gasteiger charge is -2.08. The summed E-state index contributed by atoms with van der Waals surface area (Å²) in [6, 6.07) is 8.02. The van der Waals surface area contributed by atoms with Crippen molar-refractivity contribution < 1.29 is 0 Å². The molecule has 0 heterocycles. The third-order valence-electron chi connectivity index (χ3n) is 1.74. The number of benzene rings is 1. The molecule has 0 aliphatic rings. The average molecular weight is 318 g/mol.